The zero-order valence-electron chi connectivity index (χ0n) is 18.9. The molecule has 10 heteroatoms. The van der Waals surface area contributed by atoms with Gasteiger partial charge in [0.15, 0.2) is 11.5 Å². The fourth-order valence-corrected chi connectivity index (χ4v) is 4.64. The van der Waals surface area contributed by atoms with Gasteiger partial charge in [0.2, 0.25) is 5.91 Å². The summed E-state index contributed by atoms with van der Waals surface area (Å²) >= 11 is 0. The number of aryl methyl sites for hydroxylation is 2. The number of nitrogens with one attached hydrogen (secondary N) is 1. The molecule has 176 valence electrons. The quantitative estimate of drug-likeness (QED) is 0.431. The zero-order valence-corrected chi connectivity index (χ0v) is 19.7. The van der Waals surface area contributed by atoms with Gasteiger partial charge in [0.25, 0.3) is 10.0 Å². The van der Waals surface area contributed by atoms with Gasteiger partial charge in [0, 0.05) is 31.5 Å². The van der Waals surface area contributed by atoms with Crippen LogP contribution in [0.5, 0.6) is 11.5 Å². The van der Waals surface area contributed by atoms with E-state index in [4.69, 9.17) is 9.47 Å². The summed E-state index contributed by atoms with van der Waals surface area (Å²) in [5, 5.41) is 2.79. The number of nitrogens with zero attached hydrogens (tertiary/aromatic N) is 3. The highest BCUT2D eigenvalue weighted by Crippen LogP contribution is 2.33. The summed E-state index contributed by atoms with van der Waals surface area (Å²) in [6.45, 7) is 2.60. The average molecular weight is 473 g/mol. The maximum absolute atomic E-state index is 13.5. The van der Waals surface area contributed by atoms with Crippen molar-refractivity contribution in [3.05, 3.63) is 66.7 Å². The lowest BCUT2D eigenvalue weighted by Gasteiger charge is -2.25. The number of methoxy groups -OCH3 is 2. The number of carbonyl (C=O) groups excluding carboxylic acids is 1. The number of carbonyl (C=O) groups is 1. The summed E-state index contributed by atoms with van der Waals surface area (Å²) in [5.41, 5.74) is 1.23. The monoisotopic (exact) mass is 472 g/mol. The first kappa shape index (κ1) is 24.1. The van der Waals surface area contributed by atoms with Crippen molar-refractivity contribution in [2.24, 2.45) is 0 Å². The lowest BCUT2D eigenvalue weighted by Crippen LogP contribution is -2.41. The smallest absolute Gasteiger partial charge is 0.264 e. The summed E-state index contributed by atoms with van der Waals surface area (Å²) in [5.74, 6) is 0.406. The van der Waals surface area contributed by atoms with Crippen LogP contribution in [0.15, 0.2) is 66.1 Å². The first-order valence-electron chi connectivity index (χ1n) is 10.4. The third-order valence-electron chi connectivity index (χ3n) is 5.03. The van der Waals surface area contributed by atoms with Crippen molar-refractivity contribution in [1.82, 2.24) is 14.9 Å². The number of anilines is 1. The molecule has 0 saturated carbocycles. The first-order valence-corrected chi connectivity index (χ1v) is 11.8. The van der Waals surface area contributed by atoms with Crippen LogP contribution in [0.1, 0.15) is 12.0 Å². The number of imidazole rings is 1. The summed E-state index contributed by atoms with van der Waals surface area (Å²) in [6, 6.07) is 11.2. The second-order valence-electron chi connectivity index (χ2n) is 7.37. The molecule has 9 nitrogen and oxygen atoms in total. The maximum Gasteiger partial charge on any atom is 0.264 e. The fourth-order valence-electron chi connectivity index (χ4n) is 3.23. The molecule has 0 saturated heterocycles. The van der Waals surface area contributed by atoms with E-state index in [1.807, 2.05) is 17.7 Å². The Morgan fingerprint density at radius 2 is 1.82 bits per heavy atom. The van der Waals surface area contributed by atoms with E-state index in [0.29, 0.717) is 36.7 Å². The minimum Gasteiger partial charge on any atom is -0.493 e. The average Bonchev–Trinajstić information content (AvgIpc) is 3.33. The van der Waals surface area contributed by atoms with Crippen LogP contribution < -0.4 is 19.1 Å². The molecule has 1 amide bonds. The van der Waals surface area contributed by atoms with Crippen LogP contribution in [0, 0.1) is 6.92 Å². The van der Waals surface area contributed by atoms with E-state index in [0.717, 1.165) is 9.87 Å². The van der Waals surface area contributed by atoms with Crippen LogP contribution in [0.4, 0.5) is 5.69 Å². The van der Waals surface area contributed by atoms with E-state index in [-0.39, 0.29) is 11.4 Å². The topological polar surface area (TPSA) is 103 Å². The van der Waals surface area contributed by atoms with Gasteiger partial charge < -0.3 is 19.4 Å². The van der Waals surface area contributed by atoms with E-state index in [1.165, 1.54) is 32.4 Å². The highest BCUT2D eigenvalue weighted by Gasteiger charge is 2.28. The standard InChI is InChI=1S/C23H28N4O5S/c1-18-5-8-20(9-6-18)33(29,30)27(19-7-10-21(31-2)22(15-19)32-3)16-23(28)25-11-4-13-26-14-12-24-17-26/h5-10,12,14-15,17H,4,11,13,16H2,1-3H3,(H,25,28). The van der Waals surface area contributed by atoms with Gasteiger partial charge in [0.05, 0.1) is 31.1 Å². The number of benzene rings is 2. The SMILES string of the molecule is COc1ccc(N(CC(=O)NCCCn2ccnc2)S(=O)(=O)c2ccc(C)cc2)cc1OC. The predicted molar refractivity (Wildman–Crippen MR) is 125 cm³/mol. The Morgan fingerprint density at radius 1 is 1.09 bits per heavy atom. The summed E-state index contributed by atoms with van der Waals surface area (Å²) in [6.07, 6.45) is 5.92. The van der Waals surface area contributed by atoms with Crippen molar-refractivity contribution in [3.63, 3.8) is 0 Å². The second kappa shape index (κ2) is 10.9. The van der Waals surface area contributed by atoms with Gasteiger partial charge in [-0.3, -0.25) is 9.10 Å². The molecule has 1 aromatic heterocycles. The van der Waals surface area contributed by atoms with Gasteiger partial charge in [-0.2, -0.15) is 0 Å². The molecule has 0 atom stereocenters. The van der Waals surface area contributed by atoms with Crippen LogP contribution in [0.3, 0.4) is 0 Å². The molecular weight excluding hydrogens is 444 g/mol. The Balaban J connectivity index is 1.82. The summed E-state index contributed by atoms with van der Waals surface area (Å²) in [7, 11) is -1.05. The van der Waals surface area contributed by atoms with E-state index >= 15 is 0 Å². The first-order chi connectivity index (χ1) is 15.8. The molecular formula is C23H28N4O5S. The van der Waals surface area contributed by atoms with Crippen molar-refractivity contribution < 1.29 is 22.7 Å². The molecule has 1 N–H and O–H groups in total. The minimum atomic E-state index is -4.01. The molecule has 33 heavy (non-hydrogen) atoms. The molecule has 0 unspecified atom stereocenters. The van der Waals surface area contributed by atoms with Gasteiger partial charge in [-0.25, -0.2) is 13.4 Å². The molecule has 0 bridgehead atoms. The lowest BCUT2D eigenvalue weighted by molar-refractivity contribution is -0.119. The van der Waals surface area contributed by atoms with Crippen molar-refractivity contribution >= 4 is 21.6 Å². The molecule has 0 fully saturated rings. The molecule has 1 heterocycles. The van der Waals surface area contributed by atoms with Gasteiger partial charge in [-0.15, -0.1) is 0 Å². The second-order valence-corrected chi connectivity index (χ2v) is 9.23. The van der Waals surface area contributed by atoms with Crippen molar-refractivity contribution in [2.75, 3.05) is 31.6 Å². The number of aromatic nitrogens is 2. The highest BCUT2D eigenvalue weighted by atomic mass is 32.2. The van der Waals surface area contributed by atoms with E-state index in [1.54, 1.807) is 36.8 Å². The number of amides is 1. The van der Waals surface area contributed by atoms with Gasteiger partial charge >= 0.3 is 0 Å². The van der Waals surface area contributed by atoms with Crippen LogP contribution in [0.25, 0.3) is 0 Å². The van der Waals surface area contributed by atoms with Gasteiger partial charge in [-0.05, 0) is 37.6 Å². The van der Waals surface area contributed by atoms with E-state index < -0.39 is 15.9 Å². The molecule has 0 aliphatic rings. The number of rotatable bonds is 11. The van der Waals surface area contributed by atoms with Crippen LogP contribution in [-0.4, -0.2) is 51.2 Å². The summed E-state index contributed by atoms with van der Waals surface area (Å²) in [4.78, 5) is 16.8. The predicted octanol–water partition coefficient (Wildman–Crippen LogP) is 2.61. The Kier molecular flexibility index (Phi) is 7.94. The third-order valence-corrected chi connectivity index (χ3v) is 6.81. The molecule has 2 aromatic carbocycles. The van der Waals surface area contributed by atoms with Crippen LogP contribution in [-0.2, 0) is 21.4 Å². The Labute approximate surface area is 194 Å². The zero-order chi connectivity index (χ0) is 23.8. The molecule has 0 aliphatic carbocycles. The Hall–Kier alpha value is -3.53. The molecule has 0 spiro atoms. The number of hydrogen-bond acceptors (Lipinski definition) is 6. The number of sulfonamides is 1. The number of ether oxygens (including phenoxy) is 2. The van der Waals surface area contributed by atoms with Crippen LogP contribution >= 0.6 is 0 Å². The maximum atomic E-state index is 13.5. The molecule has 0 radical (unpaired) electrons. The highest BCUT2D eigenvalue weighted by molar-refractivity contribution is 7.92. The van der Waals surface area contributed by atoms with Crippen molar-refractivity contribution in [2.45, 2.75) is 24.8 Å². The Morgan fingerprint density at radius 3 is 2.45 bits per heavy atom. The largest absolute Gasteiger partial charge is 0.493 e. The summed E-state index contributed by atoms with van der Waals surface area (Å²) < 4.78 is 40.5. The normalized spacial score (nSPS) is 11.1. The van der Waals surface area contributed by atoms with E-state index in [9.17, 15) is 13.2 Å². The molecule has 3 aromatic rings. The van der Waals surface area contributed by atoms with Crippen LogP contribution in [0.2, 0.25) is 0 Å². The van der Waals surface area contributed by atoms with E-state index in [2.05, 4.69) is 10.3 Å². The lowest BCUT2D eigenvalue weighted by atomic mass is 10.2. The van der Waals surface area contributed by atoms with Crippen molar-refractivity contribution in [3.8, 4) is 11.5 Å². The Bertz CT molecular complexity index is 1160. The van der Waals surface area contributed by atoms with Crippen molar-refractivity contribution in [1.29, 1.82) is 0 Å². The molecule has 3 rings (SSSR count). The minimum absolute atomic E-state index is 0.0933. The van der Waals surface area contributed by atoms with Gasteiger partial charge in [-0.1, -0.05) is 17.7 Å². The third kappa shape index (κ3) is 6.04. The van der Waals surface area contributed by atoms with Gasteiger partial charge in [0.1, 0.15) is 6.54 Å². The molecule has 0 aliphatic heterocycles. The number of hydrogen-bond donors (Lipinski definition) is 1. The fraction of sp³-hybridized carbons (Fsp3) is 0.304.